The number of nitrogens with two attached hydrogens (primary N) is 1. The van der Waals surface area contributed by atoms with Crippen LogP contribution in [-0.2, 0) is 11.3 Å². The highest BCUT2D eigenvalue weighted by Crippen LogP contribution is 2.29. The Morgan fingerprint density at radius 2 is 2.25 bits per heavy atom. The number of aryl methyl sites for hydroxylation is 1. The summed E-state index contributed by atoms with van der Waals surface area (Å²) in [7, 11) is 0. The molecule has 0 atom stereocenters. The number of rotatable bonds is 4. The first kappa shape index (κ1) is 11.0. The van der Waals surface area contributed by atoms with Crippen LogP contribution in [0.15, 0.2) is 4.52 Å². The maximum Gasteiger partial charge on any atom is 0.270 e. The van der Waals surface area contributed by atoms with E-state index in [-0.39, 0.29) is 0 Å². The van der Waals surface area contributed by atoms with Gasteiger partial charge in [0, 0.05) is 6.61 Å². The Bertz CT molecular complexity index is 480. The molecule has 2 rings (SSSR count). The van der Waals surface area contributed by atoms with Gasteiger partial charge in [0.05, 0.1) is 5.69 Å². The monoisotopic (exact) mass is 240 g/mol. The van der Waals surface area contributed by atoms with Crippen molar-refractivity contribution in [3.8, 4) is 10.8 Å². The van der Waals surface area contributed by atoms with E-state index in [0.29, 0.717) is 30.1 Å². The summed E-state index contributed by atoms with van der Waals surface area (Å²) in [5.74, 6) is 0.977. The van der Waals surface area contributed by atoms with Crippen molar-refractivity contribution in [3.05, 3.63) is 11.5 Å². The van der Waals surface area contributed by atoms with Crippen LogP contribution >= 0.6 is 11.3 Å². The number of nitrogen functional groups attached to an aromatic ring is 1. The molecule has 0 saturated carbocycles. The summed E-state index contributed by atoms with van der Waals surface area (Å²) >= 11 is 1.33. The van der Waals surface area contributed by atoms with Crippen molar-refractivity contribution in [2.45, 2.75) is 20.5 Å². The molecule has 0 amide bonds. The lowest BCUT2D eigenvalue weighted by molar-refractivity contribution is 0.126. The van der Waals surface area contributed by atoms with Crippen LogP contribution in [0.25, 0.3) is 10.8 Å². The minimum absolute atomic E-state index is 0.354. The quantitative estimate of drug-likeness (QED) is 0.873. The highest BCUT2D eigenvalue weighted by Gasteiger charge is 2.15. The molecule has 0 bridgehead atoms. The van der Waals surface area contributed by atoms with Crippen molar-refractivity contribution in [3.63, 3.8) is 0 Å². The third-order valence-electron chi connectivity index (χ3n) is 1.91. The summed E-state index contributed by atoms with van der Waals surface area (Å²) in [5.41, 5.74) is 6.40. The standard InChI is InChI=1S/C9H12N4O2S/c1-3-14-4-6-12-8(15-13-6)7-5(2)11-9(10)16-7/h3-4H2,1-2H3,(H2,10,11). The van der Waals surface area contributed by atoms with Gasteiger partial charge in [0.1, 0.15) is 11.5 Å². The molecule has 86 valence electrons. The van der Waals surface area contributed by atoms with Gasteiger partial charge in [-0.3, -0.25) is 0 Å². The predicted molar refractivity (Wildman–Crippen MR) is 59.9 cm³/mol. The summed E-state index contributed by atoms with van der Waals surface area (Å²) in [5, 5.41) is 4.30. The van der Waals surface area contributed by atoms with Crippen LogP contribution in [0.1, 0.15) is 18.4 Å². The van der Waals surface area contributed by atoms with Crippen LogP contribution in [0, 0.1) is 6.92 Å². The Morgan fingerprint density at radius 3 is 2.88 bits per heavy atom. The molecule has 0 saturated heterocycles. The van der Waals surface area contributed by atoms with Gasteiger partial charge in [0.25, 0.3) is 5.89 Å². The average molecular weight is 240 g/mol. The largest absolute Gasteiger partial charge is 0.375 e. The van der Waals surface area contributed by atoms with E-state index < -0.39 is 0 Å². The van der Waals surface area contributed by atoms with Crippen LogP contribution < -0.4 is 5.73 Å². The third kappa shape index (κ3) is 2.20. The minimum atomic E-state index is 0.354. The van der Waals surface area contributed by atoms with Crippen molar-refractivity contribution >= 4 is 16.5 Å². The highest BCUT2D eigenvalue weighted by atomic mass is 32.1. The van der Waals surface area contributed by atoms with Gasteiger partial charge in [0.15, 0.2) is 11.0 Å². The zero-order chi connectivity index (χ0) is 11.5. The molecule has 0 radical (unpaired) electrons. The van der Waals surface area contributed by atoms with E-state index in [1.54, 1.807) is 0 Å². The van der Waals surface area contributed by atoms with Crippen LogP contribution in [0.5, 0.6) is 0 Å². The summed E-state index contributed by atoms with van der Waals surface area (Å²) < 4.78 is 10.3. The molecule has 6 nitrogen and oxygen atoms in total. The lowest BCUT2D eigenvalue weighted by Crippen LogP contribution is -1.93. The number of ether oxygens (including phenoxy) is 1. The molecule has 2 heterocycles. The van der Waals surface area contributed by atoms with E-state index in [0.717, 1.165) is 10.6 Å². The Hall–Kier alpha value is -1.47. The van der Waals surface area contributed by atoms with E-state index in [1.807, 2.05) is 13.8 Å². The second-order valence-electron chi connectivity index (χ2n) is 3.12. The van der Waals surface area contributed by atoms with Crippen LogP contribution in [0.2, 0.25) is 0 Å². The van der Waals surface area contributed by atoms with Crippen LogP contribution in [0.4, 0.5) is 5.13 Å². The van der Waals surface area contributed by atoms with Gasteiger partial charge in [-0.05, 0) is 13.8 Å². The van der Waals surface area contributed by atoms with Crippen molar-refractivity contribution in [1.82, 2.24) is 15.1 Å². The lowest BCUT2D eigenvalue weighted by Gasteiger charge is -1.92. The Kier molecular flexibility index (Phi) is 3.16. The summed E-state index contributed by atoms with van der Waals surface area (Å²) in [4.78, 5) is 9.11. The molecule has 0 aromatic carbocycles. The maximum absolute atomic E-state index is 5.60. The maximum atomic E-state index is 5.60. The first-order chi connectivity index (χ1) is 7.70. The summed E-state index contributed by atoms with van der Waals surface area (Å²) in [6.07, 6.45) is 0. The molecule has 0 aliphatic carbocycles. The molecule has 0 aliphatic heterocycles. The zero-order valence-electron chi connectivity index (χ0n) is 9.06. The Balaban J connectivity index is 2.21. The smallest absolute Gasteiger partial charge is 0.270 e. The first-order valence-electron chi connectivity index (χ1n) is 4.84. The molecule has 2 N–H and O–H groups in total. The first-order valence-corrected chi connectivity index (χ1v) is 5.66. The second-order valence-corrected chi connectivity index (χ2v) is 4.15. The number of anilines is 1. The molecule has 0 fully saturated rings. The minimum Gasteiger partial charge on any atom is -0.375 e. The lowest BCUT2D eigenvalue weighted by atomic mass is 10.4. The van der Waals surface area contributed by atoms with Crippen LogP contribution in [0.3, 0.4) is 0 Å². The van der Waals surface area contributed by atoms with Crippen molar-refractivity contribution in [1.29, 1.82) is 0 Å². The Morgan fingerprint density at radius 1 is 1.44 bits per heavy atom. The number of nitrogens with zero attached hydrogens (tertiary/aromatic N) is 3. The van der Waals surface area contributed by atoms with E-state index in [2.05, 4.69) is 15.1 Å². The summed E-state index contributed by atoms with van der Waals surface area (Å²) in [6.45, 7) is 4.74. The van der Waals surface area contributed by atoms with E-state index in [1.165, 1.54) is 11.3 Å². The fraction of sp³-hybridized carbons (Fsp3) is 0.444. The van der Waals surface area contributed by atoms with Gasteiger partial charge in [-0.15, -0.1) is 0 Å². The fourth-order valence-electron chi connectivity index (χ4n) is 1.21. The second kappa shape index (κ2) is 4.58. The molecule has 0 aliphatic rings. The van der Waals surface area contributed by atoms with Crippen molar-refractivity contribution < 1.29 is 9.26 Å². The fourth-order valence-corrected chi connectivity index (χ4v) is 1.97. The van der Waals surface area contributed by atoms with Gasteiger partial charge in [-0.1, -0.05) is 16.5 Å². The molecule has 0 spiro atoms. The number of hydrogen-bond donors (Lipinski definition) is 1. The Labute approximate surface area is 96.4 Å². The van der Waals surface area contributed by atoms with E-state index in [9.17, 15) is 0 Å². The van der Waals surface area contributed by atoms with E-state index in [4.69, 9.17) is 15.0 Å². The van der Waals surface area contributed by atoms with Gasteiger partial charge >= 0.3 is 0 Å². The molecular formula is C9H12N4O2S. The zero-order valence-corrected chi connectivity index (χ0v) is 9.87. The molecule has 7 heteroatoms. The SMILES string of the molecule is CCOCc1noc(-c2sc(N)nc2C)n1. The number of hydrogen-bond acceptors (Lipinski definition) is 7. The van der Waals surface area contributed by atoms with E-state index >= 15 is 0 Å². The normalized spacial score (nSPS) is 10.9. The topological polar surface area (TPSA) is 87.1 Å². The molecular weight excluding hydrogens is 228 g/mol. The molecule has 16 heavy (non-hydrogen) atoms. The van der Waals surface area contributed by atoms with Gasteiger partial charge in [-0.2, -0.15) is 4.98 Å². The number of aromatic nitrogens is 3. The van der Waals surface area contributed by atoms with Crippen molar-refractivity contribution in [2.24, 2.45) is 0 Å². The number of thiazole rings is 1. The van der Waals surface area contributed by atoms with Gasteiger partial charge < -0.3 is 15.0 Å². The van der Waals surface area contributed by atoms with Gasteiger partial charge in [-0.25, -0.2) is 4.98 Å². The average Bonchev–Trinajstić information content (AvgIpc) is 2.82. The highest BCUT2D eigenvalue weighted by molar-refractivity contribution is 7.18. The third-order valence-corrected chi connectivity index (χ3v) is 2.89. The van der Waals surface area contributed by atoms with Crippen molar-refractivity contribution in [2.75, 3.05) is 12.3 Å². The summed E-state index contributed by atoms with van der Waals surface area (Å²) in [6, 6.07) is 0. The van der Waals surface area contributed by atoms with Crippen LogP contribution in [-0.4, -0.2) is 21.7 Å². The predicted octanol–water partition coefficient (Wildman–Crippen LogP) is 1.62. The van der Waals surface area contributed by atoms with Gasteiger partial charge in [0.2, 0.25) is 0 Å². The molecule has 0 unspecified atom stereocenters. The molecule has 2 aromatic heterocycles. The molecule has 2 aromatic rings.